The van der Waals surface area contributed by atoms with Crippen molar-refractivity contribution in [2.45, 2.75) is 58.8 Å². The molecule has 23 heavy (non-hydrogen) atoms. The van der Waals surface area contributed by atoms with Crippen molar-refractivity contribution in [3.8, 4) is 5.75 Å². The van der Waals surface area contributed by atoms with E-state index < -0.39 is 5.97 Å². The van der Waals surface area contributed by atoms with Gasteiger partial charge in [0.15, 0.2) is 0 Å². The fraction of sp³-hybridized carbons (Fsp3) is 0.588. The van der Waals surface area contributed by atoms with Gasteiger partial charge >= 0.3 is 5.97 Å². The molecule has 0 radical (unpaired) electrons. The van der Waals surface area contributed by atoms with Crippen LogP contribution >= 0.6 is 67.8 Å². The number of hydrogen-bond acceptors (Lipinski definition) is 2. The largest absolute Gasteiger partial charge is 0.491 e. The topological polar surface area (TPSA) is 46.5 Å². The van der Waals surface area contributed by atoms with Crippen LogP contribution in [0, 0.1) is 10.7 Å². The lowest BCUT2D eigenvalue weighted by Gasteiger charge is -2.17. The second kappa shape index (κ2) is 11.3. The number of carboxylic acids is 1. The number of carbonyl (C=O) groups is 1. The summed E-state index contributed by atoms with van der Waals surface area (Å²) in [5, 5.41) is 9.51. The van der Waals surface area contributed by atoms with Gasteiger partial charge in [-0.3, -0.25) is 0 Å². The summed E-state index contributed by atoms with van der Waals surface area (Å²) in [4.78, 5) is 11.6. The maximum atomic E-state index is 11.6. The highest BCUT2D eigenvalue weighted by atomic mass is 127. The van der Waals surface area contributed by atoms with Crippen molar-refractivity contribution in [2.24, 2.45) is 0 Å². The minimum absolute atomic E-state index is 0.376. The molecule has 0 bridgehead atoms. The van der Waals surface area contributed by atoms with Gasteiger partial charge in [-0.25, -0.2) is 4.79 Å². The molecular formula is C17H23I3O3. The molecule has 0 spiro atoms. The number of rotatable bonds is 10. The van der Waals surface area contributed by atoms with E-state index in [9.17, 15) is 9.90 Å². The van der Waals surface area contributed by atoms with Crippen LogP contribution in [-0.2, 0) is 6.42 Å². The Morgan fingerprint density at radius 2 is 1.57 bits per heavy atom. The molecule has 6 heteroatoms. The van der Waals surface area contributed by atoms with Gasteiger partial charge in [-0.2, -0.15) is 0 Å². The van der Waals surface area contributed by atoms with E-state index in [4.69, 9.17) is 4.74 Å². The molecule has 0 atom stereocenters. The van der Waals surface area contributed by atoms with Crippen LogP contribution in [0.1, 0.15) is 68.3 Å². The van der Waals surface area contributed by atoms with Crippen molar-refractivity contribution in [1.29, 1.82) is 0 Å². The lowest BCUT2D eigenvalue weighted by Crippen LogP contribution is -2.12. The molecule has 1 rings (SSSR count). The summed E-state index contributed by atoms with van der Waals surface area (Å²) < 4.78 is 8.58. The van der Waals surface area contributed by atoms with Crippen molar-refractivity contribution in [3.05, 3.63) is 21.8 Å². The molecule has 0 aliphatic carbocycles. The number of benzene rings is 1. The molecule has 1 aromatic rings. The van der Waals surface area contributed by atoms with Gasteiger partial charge in [0, 0.05) is 3.57 Å². The molecule has 1 N–H and O–H groups in total. The number of unbranched alkanes of at least 4 members (excludes halogenated alkanes) is 5. The quantitative estimate of drug-likeness (QED) is 0.231. The van der Waals surface area contributed by atoms with E-state index in [1.165, 1.54) is 32.1 Å². The van der Waals surface area contributed by atoms with Gasteiger partial charge in [0.05, 0.1) is 19.3 Å². The second-order valence-electron chi connectivity index (χ2n) is 5.40. The van der Waals surface area contributed by atoms with Gasteiger partial charge in [-0.15, -0.1) is 0 Å². The van der Waals surface area contributed by atoms with Gasteiger partial charge < -0.3 is 9.84 Å². The Morgan fingerprint density at radius 3 is 2.13 bits per heavy atom. The van der Waals surface area contributed by atoms with Crippen molar-refractivity contribution in [1.82, 2.24) is 0 Å². The Kier molecular flexibility index (Phi) is 10.7. The van der Waals surface area contributed by atoms with Crippen LogP contribution in [0.15, 0.2) is 0 Å². The molecule has 1 aromatic carbocycles. The number of ether oxygens (including phenoxy) is 1. The maximum absolute atomic E-state index is 11.6. The third-order valence-electron chi connectivity index (χ3n) is 3.68. The fourth-order valence-electron chi connectivity index (χ4n) is 2.37. The Bertz CT molecular complexity index is 545. The lowest BCUT2D eigenvalue weighted by molar-refractivity contribution is 0.0693. The maximum Gasteiger partial charge on any atom is 0.338 e. The Labute approximate surface area is 179 Å². The lowest BCUT2D eigenvalue weighted by atomic mass is 10.1. The summed E-state index contributed by atoms with van der Waals surface area (Å²) >= 11 is 6.53. The molecule has 0 fully saturated rings. The van der Waals surface area contributed by atoms with E-state index in [1.54, 1.807) is 0 Å². The number of hydrogen-bond donors (Lipinski definition) is 1. The Morgan fingerprint density at radius 1 is 0.957 bits per heavy atom. The van der Waals surface area contributed by atoms with Crippen LogP contribution < -0.4 is 4.74 Å². The monoisotopic (exact) mass is 656 g/mol. The molecular weight excluding hydrogens is 633 g/mol. The average Bonchev–Trinajstić information content (AvgIpc) is 2.49. The Hall–Kier alpha value is 0.680. The zero-order valence-corrected chi connectivity index (χ0v) is 20.0. The third kappa shape index (κ3) is 6.16. The van der Waals surface area contributed by atoms with Crippen LogP contribution in [0.25, 0.3) is 0 Å². The predicted molar refractivity (Wildman–Crippen MR) is 120 cm³/mol. The summed E-state index contributed by atoms with van der Waals surface area (Å²) in [7, 11) is 0. The molecule has 0 aliphatic rings. The standard InChI is InChI=1S/C17H23I3O3/c1-3-5-6-7-8-9-10-23-16-14(19)11(4-2)13(18)12(15(16)20)17(21)22/h3-10H2,1-2H3,(H,21,22). The highest BCUT2D eigenvalue weighted by Crippen LogP contribution is 2.37. The van der Waals surface area contributed by atoms with E-state index in [1.807, 2.05) is 0 Å². The summed E-state index contributed by atoms with van der Waals surface area (Å²) in [6, 6.07) is 0. The van der Waals surface area contributed by atoms with E-state index >= 15 is 0 Å². The molecule has 0 unspecified atom stereocenters. The highest BCUT2D eigenvalue weighted by Gasteiger charge is 2.24. The van der Waals surface area contributed by atoms with Gasteiger partial charge in [0.1, 0.15) is 5.75 Å². The molecule has 3 nitrogen and oxygen atoms in total. The predicted octanol–water partition coefficient (Wildman–Crippen LogP) is 6.50. The summed E-state index contributed by atoms with van der Waals surface area (Å²) in [6.45, 7) is 4.92. The Balaban J connectivity index is 2.82. The first kappa shape index (κ1) is 21.7. The molecule has 0 saturated carbocycles. The first-order valence-corrected chi connectivity index (χ1v) is 11.2. The van der Waals surface area contributed by atoms with Crippen molar-refractivity contribution >= 4 is 73.7 Å². The summed E-state index contributed by atoms with van der Waals surface area (Å²) in [6.07, 6.45) is 8.09. The zero-order valence-electron chi connectivity index (χ0n) is 13.6. The molecule has 0 amide bonds. The normalized spacial score (nSPS) is 10.8. The summed E-state index contributed by atoms with van der Waals surface area (Å²) in [5.74, 6) is -0.135. The van der Waals surface area contributed by atoms with Crippen LogP contribution in [0.5, 0.6) is 5.75 Å². The second-order valence-corrected chi connectivity index (χ2v) is 8.64. The molecule has 0 aliphatic heterocycles. The number of carboxylic acid groups (broad SMARTS) is 1. The highest BCUT2D eigenvalue weighted by molar-refractivity contribution is 14.1. The first-order valence-electron chi connectivity index (χ1n) is 8.01. The molecule has 0 aromatic heterocycles. The van der Waals surface area contributed by atoms with Crippen molar-refractivity contribution in [2.75, 3.05) is 6.61 Å². The van der Waals surface area contributed by atoms with Crippen molar-refractivity contribution in [3.63, 3.8) is 0 Å². The number of aromatic carboxylic acids is 1. The van der Waals surface area contributed by atoms with Gasteiger partial charge in [-0.1, -0.05) is 46.0 Å². The van der Waals surface area contributed by atoms with Crippen LogP contribution in [0.2, 0.25) is 0 Å². The average molecular weight is 656 g/mol. The van der Waals surface area contributed by atoms with E-state index in [0.29, 0.717) is 15.7 Å². The van der Waals surface area contributed by atoms with E-state index in [0.717, 1.165) is 31.3 Å². The SMILES string of the molecule is CCCCCCCCOc1c(I)c(CC)c(I)c(C(=O)O)c1I. The van der Waals surface area contributed by atoms with Crippen LogP contribution in [0.4, 0.5) is 0 Å². The minimum Gasteiger partial charge on any atom is -0.491 e. The van der Waals surface area contributed by atoms with Gasteiger partial charge in [-0.05, 0) is 86.2 Å². The molecule has 0 heterocycles. The smallest absolute Gasteiger partial charge is 0.338 e. The van der Waals surface area contributed by atoms with Gasteiger partial charge in [0.2, 0.25) is 0 Å². The van der Waals surface area contributed by atoms with E-state index in [2.05, 4.69) is 81.6 Å². The summed E-state index contributed by atoms with van der Waals surface area (Å²) in [5.41, 5.74) is 1.45. The zero-order chi connectivity index (χ0) is 17.4. The van der Waals surface area contributed by atoms with Crippen LogP contribution in [0.3, 0.4) is 0 Å². The van der Waals surface area contributed by atoms with Gasteiger partial charge in [0.25, 0.3) is 0 Å². The fourth-order valence-corrected chi connectivity index (χ4v) is 7.07. The molecule has 0 saturated heterocycles. The first-order chi connectivity index (χ1) is 11.0. The molecule has 130 valence electrons. The number of halogens is 3. The minimum atomic E-state index is -0.880. The van der Waals surface area contributed by atoms with E-state index in [-0.39, 0.29) is 0 Å². The third-order valence-corrected chi connectivity index (χ3v) is 7.04. The van der Waals surface area contributed by atoms with Crippen molar-refractivity contribution < 1.29 is 14.6 Å². The van der Waals surface area contributed by atoms with Crippen LogP contribution in [-0.4, -0.2) is 17.7 Å².